The lowest BCUT2D eigenvalue weighted by molar-refractivity contribution is -0.00922. The normalized spacial score (nSPS) is 26.4. The van der Waals surface area contributed by atoms with E-state index in [1.165, 1.54) is 18.6 Å². The first-order chi connectivity index (χ1) is 9.45. The van der Waals surface area contributed by atoms with Crippen LogP contribution in [0.5, 0.6) is 0 Å². The molecule has 2 atom stereocenters. The molecule has 2 unspecified atom stereocenters. The van der Waals surface area contributed by atoms with Crippen molar-refractivity contribution in [2.75, 3.05) is 0 Å². The van der Waals surface area contributed by atoms with Gasteiger partial charge in [-0.05, 0) is 48.8 Å². The van der Waals surface area contributed by atoms with E-state index in [1.54, 1.807) is 6.07 Å². The summed E-state index contributed by atoms with van der Waals surface area (Å²) < 4.78 is 19.2. The number of ether oxygens (including phenoxy) is 1. The molecule has 0 saturated heterocycles. The van der Waals surface area contributed by atoms with Crippen LogP contribution in [0, 0.1) is 23.1 Å². The van der Waals surface area contributed by atoms with Crippen LogP contribution in [-0.4, -0.2) is 11.9 Å². The average Bonchev–Trinajstić information content (AvgIpc) is 2.36. The van der Waals surface area contributed by atoms with Gasteiger partial charge in [0.2, 0.25) is 0 Å². The highest BCUT2D eigenvalue weighted by Gasteiger charge is 2.24. The molecular formula is C16H23FN2O. The van der Waals surface area contributed by atoms with Gasteiger partial charge in [-0.1, -0.05) is 19.9 Å². The van der Waals surface area contributed by atoms with E-state index in [4.69, 9.17) is 15.9 Å². The molecule has 1 aliphatic carbocycles. The van der Waals surface area contributed by atoms with E-state index >= 15 is 0 Å². The number of hydrogen-bond acceptors (Lipinski definition) is 2. The number of amidine groups is 1. The van der Waals surface area contributed by atoms with E-state index in [9.17, 15) is 4.39 Å². The third kappa shape index (κ3) is 3.79. The highest BCUT2D eigenvalue weighted by atomic mass is 19.1. The fourth-order valence-electron chi connectivity index (χ4n) is 3.14. The van der Waals surface area contributed by atoms with Crippen molar-refractivity contribution in [3.8, 4) is 0 Å². The van der Waals surface area contributed by atoms with Gasteiger partial charge in [-0.2, -0.15) is 0 Å². The van der Waals surface area contributed by atoms with E-state index in [0.717, 1.165) is 18.4 Å². The van der Waals surface area contributed by atoms with Crippen molar-refractivity contribution in [1.82, 2.24) is 0 Å². The Labute approximate surface area is 119 Å². The van der Waals surface area contributed by atoms with Crippen LogP contribution >= 0.6 is 0 Å². The first kappa shape index (κ1) is 15.0. The summed E-state index contributed by atoms with van der Waals surface area (Å²) in [6, 6.07) is 4.34. The highest BCUT2D eigenvalue weighted by Crippen LogP contribution is 2.31. The monoisotopic (exact) mass is 278 g/mol. The standard InChI is InChI=1S/C16H23FN2O/c1-10-5-11(2)7-14(6-10)20-9-12-3-4-13(17)8-15(12)16(18)19/h3-4,8,10-11,14H,5-7,9H2,1-2H3,(H3,18,19). The summed E-state index contributed by atoms with van der Waals surface area (Å²) >= 11 is 0. The van der Waals surface area contributed by atoms with Gasteiger partial charge in [0.05, 0.1) is 12.7 Å². The molecule has 0 bridgehead atoms. The molecule has 0 aromatic heterocycles. The largest absolute Gasteiger partial charge is 0.384 e. The van der Waals surface area contributed by atoms with E-state index in [2.05, 4.69) is 13.8 Å². The Morgan fingerprint density at radius 3 is 2.55 bits per heavy atom. The summed E-state index contributed by atoms with van der Waals surface area (Å²) in [7, 11) is 0. The van der Waals surface area contributed by atoms with Gasteiger partial charge in [-0.25, -0.2) is 4.39 Å². The van der Waals surface area contributed by atoms with Crippen molar-refractivity contribution in [1.29, 1.82) is 5.41 Å². The van der Waals surface area contributed by atoms with E-state index in [1.807, 2.05) is 0 Å². The molecule has 0 aliphatic heterocycles. The highest BCUT2D eigenvalue weighted by molar-refractivity contribution is 5.96. The maximum absolute atomic E-state index is 13.2. The maximum Gasteiger partial charge on any atom is 0.123 e. The predicted octanol–water partition coefficient (Wildman–Crippen LogP) is 3.45. The second-order valence-electron chi connectivity index (χ2n) is 6.07. The molecule has 1 saturated carbocycles. The van der Waals surface area contributed by atoms with Gasteiger partial charge in [0, 0.05) is 5.56 Å². The zero-order valence-corrected chi connectivity index (χ0v) is 12.2. The molecule has 3 N–H and O–H groups in total. The molecule has 0 heterocycles. The summed E-state index contributed by atoms with van der Waals surface area (Å²) in [6.45, 7) is 4.90. The Kier molecular flexibility index (Phi) is 4.76. The van der Waals surface area contributed by atoms with Gasteiger partial charge in [-0.3, -0.25) is 5.41 Å². The molecule has 1 aliphatic rings. The molecule has 4 heteroatoms. The topological polar surface area (TPSA) is 59.1 Å². The van der Waals surface area contributed by atoms with Crippen LogP contribution in [0.3, 0.4) is 0 Å². The average molecular weight is 278 g/mol. The lowest BCUT2D eigenvalue weighted by Gasteiger charge is -2.31. The Bertz CT molecular complexity index is 479. The van der Waals surface area contributed by atoms with E-state index < -0.39 is 0 Å². The molecule has 3 nitrogen and oxygen atoms in total. The SMILES string of the molecule is CC1CC(C)CC(OCc2ccc(F)cc2C(=N)N)C1. The number of nitrogens with one attached hydrogen (secondary N) is 1. The van der Waals surface area contributed by atoms with Gasteiger partial charge in [0.25, 0.3) is 0 Å². The van der Waals surface area contributed by atoms with Crippen LogP contribution in [0.2, 0.25) is 0 Å². The number of halogens is 1. The van der Waals surface area contributed by atoms with Crippen molar-refractivity contribution >= 4 is 5.84 Å². The number of nitrogens with two attached hydrogens (primary N) is 1. The van der Waals surface area contributed by atoms with Crippen molar-refractivity contribution in [2.45, 2.75) is 45.8 Å². The summed E-state index contributed by atoms with van der Waals surface area (Å²) in [5.41, 5.74) is 6.71. The van der Waals surface area contributed by atoms with Crippen LogP contribution in [0.1, 0.15) is 44.2 Å². The fourth-order valence-corrected chi connectivity index (χ4v) is 3.14. The molecule has 1 fully saturated rings. The van der Waals surface area contributed by atoms with Gasteiger partial charge in [0.1, 0.15) is 11.7 Å². The first-order valence-corrected chi connectivity index (χ1v) is 7.20. The molecule has 0 radical (unpaired) electrons. The summed E-state index contributed by atoms with van der Waals surface area (Å²) in [6.07, 6.45) is 3.65. The zero-order chi connectivity index (χ0) is 14.7. The molecule has 2 rings (SSSR count). The van der Waals surface area contributed by atoms with Gasteiger partial charge >= 0.3 is 0 Å². The van der Waals surface area contributed by atoms with Crippen molar-refractivity contribution in [3.63, 3.8) is 0 Å². The minimum atomic E-state index is -0.376. The zero-order valence-electron chi connectivity index (χ0n) is 12.2. The predicted molar refractivity (Wildman–Crippen MR) is 78.2 cm³/mol. The molecule has 110 valence electrons. The van der Waals surface area contributed by atoms with Crippen LogP contribution in [0.4, 0.5) is 4.39 Å². The van der Waals surface area contributed by atoms with Gasteiger partial charge in [0.15, 0.2) is 0 Å². The van der Waals surface area contributed by atoms with Crippen molar-refractivity contribution < 1.29 is 9.13 Å². The first-order valence-electron chi connectivity index (χ1n) is 7.20. The number of rotatable bonds is 4. The second kappa shape index (κ2) is 6.35. The lowest BCUT2D eigenvalue weighted by atomic mass is 9.82. The fraction of sp³-hybridized carbons (Fsp3) is 0.562. The Balaban J connectivity index is 2.02. The summed E-state index contributed by atoms with van der Waals surface area (Å²) in [4.78, 5) is 0. The summed E-state index contributed by atoms with van der Waals surface area (Å²) in [5.74, 6) is 0.876. The summed E-state index contributed by atoms with van der Waals surface area (Å²) in [5, 5.41) is 7.52. The van der Waals surface area contributed by atoms with Crippen molar-refractivity contribution in [2.24, 2.45) is 17.6 Å². The van der Waals surface area contributed by atoms with E-state index in [0.29, 0.717) is 24.0 Å². The molecule has 0 spiro atoms. The third-order valence-corrected chi connectivity index (χ3v) is 3.97. The Morgan fingerprint density at radius 2 is 1.95 bits per heavy atom. The molecule has 1 aromatic rings. The second-order valence-corrected chi connectivity index (χ2v) is 6.07. The number of benzene rings is 1. The Hall–Kier alpha value is -1.42. The van der Waals surface area contributed by atoms with Crippen LogP contribution < -0.4 is 5.73 Å². The molecule has 20 heavy (non-hydrogen) atoms. The quantitative estimate of drug-likeness (QED) is 0.654. The molecule has 1 aromatic carbocycles. The van der Waals surface area contributed by atoms with Crippen LogP contribution in [0.25, 0.3) is 0 Å². The number of hydrogen-bond donors (Lipinski definition) is 2. The smallest absolute Gasteiger partial charge is 0.123 e. The molecular weight excluding hydrogens is 255 g/mol. The van der Waals surface area contributed by atoms with Crippen LogP contribution in [0.15, 0.2) is 18.2 Å². The van der Waals surface area contributed by atoms with Crippen molar-refractivity contribution in [3.05, 3.63) is 35.1 Å². The molecule has 0 amide bonds. The minimum Gasteiger partial charge on any atom is -0.384 e. The van der Waals surface area contributed by atoms with E-state index in [-0.39, 0.29) is 17.8 Å². The van der Waals surface area contributed by atoms with Gasteiger partial charge < -0.3 is 10.5 Å². The third-order valence-electron chi connectivity index (χ3n) is 3.97. The maximum atomic E-state index is 13.2. The number of nitrogen functional groups attached to an aromatic ring is 1. The minimum absolute atomic E-state index is 0.117. The van der Waals surface area contributed by atoms with Gasteiger partial charge in [-0.15, -0.1) is 0 Å². The Morgan fingerprint density at radius 1 is 1.30 bits per heavy atom. The lowest BCUT2D eigenvalue weighted by Crippen LogP contribution is -2.26. The van der Waals surface area contributed by atoms with Crippen LogP contribution in [-0.2, 0) is 11.3 Å².